The van der Waals surface area contributed by atoms with E-state index >= 15 is 0 Å². The van der Waals surface area contributed by atoms with Gasteiger partial charge < -0.3 is 4.90 Å². The van der Waals surface area contributed by atoms with Crippen molar-refractivity contribution in [3.8, 4) is 0 Å². The maximum absolute atomic E-state index is 12.6. The van der Waals surface area contributed by atoms with E-state index in [4.69, 9.17) is 23.2 Å². The first-order valence-corrected chi connectivity index (χ1v) is 8.79. The van der Waals surface area contributed by atoms with Gasteiger partial charge >= 0.3 is 0 Å². The van der Waals surface area contributed by atoms with E-state index in [0.29, 0.717) is 15.7 Å². The number of halogens is 2. The topological polar surface area (TPSA) is 52.7 Å². The lowest BCUT2D eigenvalue weighted by atomic mass is 10.1. The molecule has 1 aliphatic rings. The van der Waals surface area contributed by atoms with Crippen molar-refractivity contribution in [2.24, 2.45) is 0 Å². The molecule has 0 saturated carbocycles. The van der Waals surface area contributed by atoms with E-state index in [1.165, 1.54) is 0 Å². The zero-order valence-corrected chi connectivity index (χ0v) is 15.8. The van der Waals surface area contributed by atoms with Gasteiger partial charge in [-0.2, -0.15) is 0 Å². The van der Waals surface area contributed by atoms with Gasteiger partial charge in [-0.1, -0.05) is 35.3 Å². The Hall–Kier alpha value is -2.50. The van der Waals surface area contributed by atoms with Gasteiger partial charge in [0.15, 0.2) is 0 Å². The van der Waals surface area contributed by atoms with E-state index in [-0.39, 0.29) is 5.57 Å². The lowest BCUT2D eigenvalue weighted by Crippen LogP contribution is -2.35. The molecule has 1 saturated heterocycles. The number of nitrogens with zero attached hydrogens (tertiary/aromatic N) is 2. The van der Waals surface area contributed by atoms with Crippen LogP contribution in [0.4, 0.5) is 11.4 Å². The molecule has 1 aliphatic heterocycles. The van der Waals surface area contributed by atoms with E-state index in [1.54, 1.807) is 24.3 Å². The molecule has 2 amide bonds. The smallest absolute Gasteiger partial charge is 0.282 e. The SMILES string of the molecule is CCN(C)c1ccc(C=C2C(=O)NN(c3cc(Cl)cc(Cl)c3)C2=O)cc1. The fourth-order valence-corrected chi connectivity index (χ4v) is 3.10. The molecule has 1 fully saturated rings. The molecule has 1 heterocycles. The molecule has 7 heteroatoms. The van der Waals surface area contributed by atoms with E-state index in [9.17, 15) is 9.59 Å². The molecule has 0 aromatic heterocycles. The first-order valence-electron chi connectivity index (χ1n) is 8.03. The molecule has 0 bridgehead atoms. The van der Waals surface area contributed by atoms with Crippen molar-refractivity contribution in [1.29, 1.82) is 0 Å². The minimum absolute atomic E-state index is 0.0534. The Morgan fingerprint density at radius 1 is 1.08 bits per heavy atom. The number of benzene rings is 2. The molecular formula is C19H17Cl2N3O2. The summed E-state index contributed by atoms with van der Waals surface area (Å²) >= 11 is 12.0. The normalized spacial score (nSPS) is 15.5. The standard InChI is InChI=1S/C19H17Cl2N3O2/c1-3-23(2)15-6-4-12(5-7-15)8-17-18(25)22-24(19(17)26)16-10-13(20)9-14(21)11-16/h4-11H,3H2,1-2H3,(H,22,25). The van der Waals surface area contributed by atoms with Crippen LogP contribution in [0.1, 0.15) is 12.5 Å². The highest BCUT2D eigenvalue weighted by Crippen LogP contribution is 2.28. The first-order chi connectivity index (χ1) is 12.4. The monoisotopic (exact) mass is 389 g/mol. The lowest BCUT2D eigenvalue weighted by Gasteiger charge is -2.16. The number of rotatable bonds is 4. The number of hydrogen-bond acceptors (Lipinski definition) is 3. The Balaban J connectivity index is 1.88. The van der Waals surface area contributed by atoms with Gasteiger partial charge in [0.1, 0.15) is 5.57 Å². The Bertz CT molecular complexity index is 874. The summed E-state index contributed by atoms with van der Waals surface area (Å²) in [5.74, 6) is -0.927. The van der Waals surface area contributed by atoms with Gasteiger partial charge in [-0.15, -0.1) is 0 Å². The number of anilines is 2. The molecule has 5 nitrogen and oxygen atoms in total. The summed E-state index contributed by atoms with van der Waals surface area (Å²) in [6, 6.07) is 12.3. The molecule has 134 valence electrons. The average Bonchev–Trinajstić information content (AvgIpc) is 2.89. The van der Waals surface area contributed by atoms with Crippen LogP contribution in [0.2, 0.25) is 10.0 Å². The maximum atomic E-state index is 12.6. The van der Waals surface area contributed by atoms with Gasteiger partial charge in [0.2, 0.25) is 0 Å². The predicted molar refractivity (Wildman–Crippen MR) is 105 cm³/mol. The highest BCUT2D eigenvalue weighted by molar-refractivity contribution is 6.36. The predicted octanol–water partition coefficient (Wildman–Crippen LogP) is 3.91. The third-order valence-corrected chi connectivity index (χ3v) is 4.55. The molecule has 2 aromatic rings. The molecular weight excluding hydrogens is 373 g/mol. The molecule has 0 unspecified atom stereocenters. The van der Waals surface area contributed by atoms with Crippen LogP contribution in [0.15, 0.2) is 48.0 Å². The quantitative estimate of drug-likeness (QED) is 0.636. The summed E-state index contributed by atoms with van der Waals surface area (Å²) in [7, 11) is 2.00. The van der Waals surface area contributed by atoms with E-state index in [1.807, 2.05) is 31.3 Å². The van der Waals surface area contributed by atoms with E-state index in [2.05, 4.69) is 17.2 Å². The van der Waals surface area contributed by atoms with Gasteiger partial charge in [-0.3, -0.25) is 15.0 Å². The number of carbonyl (C=O) groups excluding carboxylic acids is 2. The first kappa shape index (κ1) is 18.3. The zero-order chi connectivity index (χ0) is 18.8. The van der Waals surface area contributed by atoms with Crippen LogP contribution in [0.5, 0.6) is 0 Å². The number of carbonyl (C=O) groups is 2. The average molecular weight is 390 g/mol. The Labute approximate surface area is 161 Å². The highest BCUT2D eigenvalue weighted by atomic mass is 35.5. The minimum atomic E-state index is -0.471. The molecule has 1 N–H and O–H groups in total. The molecule has 2 aromatic carbocycles. The molecule has 0 spiro atoms. The van der Waals surface area contributed by atoms with Gasteiger partial charge in [0.05, 0.1) is 5.69 Å². The van der Waals surface area contributed by atoms with Crippen molar-refractivity contribution in [2.45, 2.75) is 6.92 Å². The summed E-state index contributed by atoms with van der Waals surface area (Å²) in [6.07, 6.45) is 1.57. The minimum Gasteiger partial charge on any atom is -0.375 e. The third-order valence-electron chi connectivity index (χ3n) is 4.12. The zero-order valence-electron chi connectivity index (χ0n) is 14.3. The van der Waals surface area contributed by atoms with E-state index in [0.717, 1.165) is 22.8 Å². The fourth-order valence-electron chi connectivity index (χ4n) is 2.58. The van der Waals surface area contributed by atoms with Crippen LogP contribution in [-0.4, -0.2) is 25.4 Å². The second-order valence-electron chi connectivity index (χ2n) is 5.87. The van der Waals surface area contributed by atoms with Crippen LogP contribution in [0, 0.1) is 0 Å². The Morgan fingerprint density at radius 3 is 2.27 bits per heavy atom. The second-order valence-corrected chi connectivity index (χ2v) is 6.75. The second kappa shape index (κ2) is 7.40. The molecule has 0 atom stereocenters. The number of amides is 2. The number of nitrogens with one attached hydrogen (secondary N) is 1. The van der Waals surface area contributed by atoms with Crippen molar-refractivity contribution in [2.75, 3.05) is 23.5 Å². The number of hydrazine groups is 1. The van der Waals surface area contributed by atoms with Crippen molar-refractivity contribution >= 4 is 52.5 Å². The summed E-state index contributed by atoms with van der Waals surface area (Å²) in [5.41, 5.74) is 4.82. The van der Waals surface area contributed by atoms with Crippen molar-refractivity contribution in [3.05, 3.63) is 63.6 Å². The lowest BCUT2D eigenvalue weighted by molar-refractivity contribution is -0.117. The highest BCUT2D eigenvalue weighted by Gasteiger charge is 2.34. The van der Waals surface area contributed by atoms with E-state index < -0.39 is 11.8 Å². The summed E-state index contributed by atoms with van der Waals surface area (Å²) < 4.78 is 0. The van der Waals surface area contributed by atoms with Gasteiger partial charge in [0.25, 0.3) is 11.8 Å². The van der Waals surface area contributed by atoms with Crippen molar-refractivity contribution in [1.82, 2.24) is 5.43 Å². The van der Waals surface area contributed by atoms with Crippen LogP contribution in [-0.2, 0) is 9.59 Å². The Morgan fingerprint density at radius 2 is 1.69 bits per heavy atom. The maximum Gasteiger partial charge on any atom is 0.282 e. The largest absolute Gasteiger partial charge is 0.375 e. The molecule has 0 radical (unpaired) electrons. The third kappa shape index (κ3) is 3.69. The van der Waals surface area contributed by atoms with Crippen LogP contribution < -0.4 is 15.3 Å². The molecule has 3 rings (SSSR count). The van der Waals surface area contributed by atoms with Crippen molar-refractivity contribution in [3.63, 3.8) is 0 Å². The van der Waals surface area contributed by atoms with Crippen LogP contribution in [0.25, 0.3) is 6.08 Å². The van der Waals surface area contributed by atoms with Gasteiger partial charge in [-0.05, 0) is 48.9 Å². The van der Waals surface area contributed by atoms with Crippen LogP contribution in [0.3, 0.4) is 0 Å². The summed E-state index contributed by atoms with van der Waals surface area (Å²) in [4.78, 5) is 27.0. The fraction of sp³-hybridized carbons (Fsp3) is 0.158. The molecule has 0 aliphatic carbocycles. The van der Waals surface area contributed by atoms with Gasteiger partial charge in [-0.25, -0.2) is 5.01 Å². The molecule has 26 heavy (non-hydrogen) atoms. The van der Waals surface area contributed by atoms with Crippen molar-refractivity contribution < 1.29 is 9.59 Å². The number of hydrogen-bond donors (Lipinski definition) is 1. The van der Waals surface area contributed by atoms with Crippen LogP contribution >= 0.6 is 23.2 Å². The summed E-state index contributed by atoms with van der Waals surface area (Å²) in [6.45, 7) is 2.95. The van der Waals surface area contributed by atoms with Gasteiger partial charge in [0, 0.05) is 29.3 Å². The Kier molecular flexibility index (Phi) is 5.20. The summed E-state index contributed by atoms with van der Waals surface area (Å²) in [5, 5.41) is 1.90.